The molecular formula is C21H22ClNO3S2. The van der Waals surface area contributed by atoms with Crippen molar-refractivity contribution in [1.82, 2.24) is 4.72 Å². The summed E-state index contributed by atoms with van der Waals surface area (Å²) in [5.74, 6) is -0.153. The van der Waals surface area contributed by atoms with E-state index >= 15 is 0 Å². The molecule has 148 valence electrons. The smallest absolute Gasteiger partial charge is 0.250 e. The zero-order valence-corrected chi connectivity index (χ0v) is 17.8. The lowest BCUT2D eigenvalue weighted by Gasteiger charge is -2.26. The molecule has 3 rings (SSSR count). The summed E-state index contributed by atoms with van der Waals surface area (Å²) in [5.41, 5.74) is 3.19. The van der Waals surface area contributed by atoms with Gasteiger partial charge in [-0.2, -0.15) is 0 Å². The molecule has 0 aliphatic carbocycles. The maximum atomic E-state index is 12.6. The standard InChI is InChI=1S/C21H22ClNO3S2/c1-2-18(17-10-8-16(9-11-17)15-6-4-3-5-7-15)19(14-24)23-28(25,26)21-13-12-20(22)27-21/h3-13,18-19,23-24H,2,14H2,1H3/t18-,19-/m1/s1. The predicted molar refractivity (Wildman–Crippen MR) is 115 cm³/mol. The molecule has 0 fully saturated rings. The van der Waals surface area contributed by atoms with Gasteiger partial charge in [0.15, 0.2) is 0 Å². The first-order chi connectivity index (χ1) is 13.4. The van der Waals surface area contributed by atoms with Crippen molar-refractivity contribution in [2.24, 2.45) is 0 Å². The van der Waals surface area contributed by atoms with E-state index in [0.717, 1.165) is 28.0 Å². The fourth-order valence-corrected chi connectivity index (χ4v) is 6.02. The SMILES string of the molecule is CC[C@H](c1ccc(-c2ccccc2)cc1)[C@@H](CO)NS(=O)(=O)c1ccc(Cl)s1. The van der Waals surface area contributed by atoms with Crippen molar-refractivity contribution in [2.45, 2.75) is 29.5 Å². The van der Waals surface area contributed by atoms with Gasteiger partial charge in [-0.25, -0.2) is 13.1 Å². The van der Waals surface area contributed by atoms with E-state index in [9.17, 15) is 13.5 Å². The second-order valence-electron chi connectivity index (χ2n) is 6.47. The van der Waals surface area contributed by atoms with Gasteiger partial charge in [0.25, 0.3) is 0 Å². The number of rotatable bonds is 8. The number of aliphatic hydroxyl groups is 1. The Morgan fingerprint density at radius 2 is 1.64 bits per heavy atom. The topological polar surface area (TPSA) is 66.4 Å². The maximum Gasteiger partial charge on any atom is 0.250 e. The molecule has 2 N–H and O–H groups in total. The quantitative estimate of drug-likeness (QED) is 0.528. The Balaban J connectivity index is 1.82. The van der Waals surface area contributed by atoms with Gasteiger partial charge in [-0.1, -0.05) is 73.1 Å². The Morgan fingerprint density at radius 1 is 1.00 bits per heavy atom. The highest BCUT2D eigenvalue weighted by Crippen LogP contribution is 2.29. The fraction of sp³-hybridized carbons (Fsp3) is 0.238. The summed E-state index contributed by atoms with van der Waals surface area (Å²) >= 11 is 6.86. The van der Waals surface area contributed by atoms with Crippen molar-refractivity contribution < 1.29 is 13.5 Å². The number of thiophene rings is 1. The molecule has 0 aliphatic rings. The number of aliphatic hydroxyl groups excluding tert-OH is 1. The highest BCUT2D eigenvalue weighted by atomic mass is 35.5. The molecule has 0 aliphatic heterocycles. The highest BCUT2D eigenvalue weighted by Gasteiger charge is 2.27. The molecule has 0 amide bonds. The summed E-state index contributed by atoms with van der Waals surface area (Å²) in [6, 6.07) is 20.5. The van der Waals surface area contributed by atoms with Crippen molar-refractivity contribution in [3.05, 3.63) is 76.6 Å². The van der Waals surface area contributed by atoms with Crippen LogP contribution in [0, 0.1) is 0 Å². The number of sulfonamides is 1. The first-order valence-corrected chi connectivity index (χ1v) is 11.7. The first-order valence-electron chi connectivity index (χ1n) is 8.98. The average molecular weight is 436 g/mol. The Kier molecular flexibility index (Phi) is 6.91. The van der Waals surface area contributed by atoms with Gasteiger partial charge >= 0.3 is 0 Å². The van der Waals surface area contributed by atoms with Gasteiger partial charge in [-0.15, -0.1) is 11.3 Å². The lowest BCUT2D eigenvalue weighted by atomic mass is 9.89. The molecular weight excluding hydrogens is 414 g/mol. The van der Waals surface area contributed by atoms with E-state index < -0.39 is 16.1 Å². The molecule has 0 radical (unpaired) electrons. The summed E-state index contributed by atoms with van der Waals surface area (Å²) in [4.78, 5) is 0. The molecule has 4 nitrogen and oxygen atoms in total. The minimum absolute atomic E-state index is 0.144. The van der Waals surface area contributed by atoms with Crippen LogP contribution in [0.4, 0.5) is 0 Å². The van der Waals surface area contributed by atoms with Crippen LogP contribution in [0.15, 0.2) is 70.9 Å². The zero-order chi connectivity index (χ0) is 20.1. The van der Waals surface area contributed by atoms with Gasteiger partial charge in [0.2, 0.25) is 10.0 Å². The molecule has 2 atom stereocenters. The molecule has 0 saturated carbocycles. The second kappa shape index (κ2) is 9.20. The Morgan fingerprint density at radius 3 is 2.18 bits per heavy atom. The predicted octanol–water partition coefficient (Wildman–Crippen LogP) is 4.90. The van der Waals surface area contributed by atoms with Crippen LogP contribution in [0.25, 0.3) is 11.1 Å². The minimum Gasteiger partial charge on any atom is -0.395 e. The Labute approximate surface area is 174 Å². The summed E-state index contributed by atoms with van der Waals surface area (Å²) in [7, 11) is -3.74. The van der Waals surface area contributed by atoms with Crippen molar-refractivity contribution in [1.29, 1.82) is 0 Å². The average Bonchev–Trinajstić information content (AvgIpc) is 3.16. The van der Waals surface area contributed by atoms with E-state index in [4.69, 9.17) is 11.6 Å². The van der Waals surface area contributed by atoms with Gasteiger partial charge in [0, 0.05) is 5.92 Å². The van der Waals surface area contributed by atoms with Crippen LogP contribution in [0.1, 0.15) is 24.8 Å². The third kappa shape index (κ3) is 4.82. The molecule has 7 heteroatoms. The molecule has 0 saturated heterocycles. The van der Waals surface area contributed by atoms with Crippen LogP contribution in [0.3, 0.4) is 0 Å². The van der Waals surface area contributed by atoms with Crippen LogP contribution >= 0.6 is 22.9 Å². The van der Waals surface area contributed by atoms with Gasteiger partial charge in [-0.05, 0) is 35.2 Å². The van der Waals surface area contributed by atoms with E-state index in [2.05, 4.69) is 4.72 Å². The van der Waals surface area contributed by atoms with E-state index in [-0.39, 0.29) is 16.7 Å². The summed E-state index contributed by atoms with van der Waals surface area (Å²) < 4.78 is 28.5. The van der Waals surface area contributed by atoms with Crippen molar-refractivity contribution in [3.8, 4) is 11.1 Å². The number of hydrogen-bond acceptors (Lipinski definition) is 4. The van der Waals surface area contributed by atoms with Crippen LogP contribution in [0.2, 0.25) is 4.34 Å². The zero-order valence-electron chi connectivity index (χ0n) is 15.4. The second-order valence-corrected chi connectivity index (χ2v) is 10.1. The van der Waals surface area contributed by atoms with Crippen LogP contribution < -0.4 is 4.72 Å². The number of halogens is 1. The molecule has 0 unspecified atom stereocenters. The first kappa shape index (κ1) is 21.0. The number of benzene rings is 2. The lowest BCUT2D eigenvalue weighted by Crippen LogP contribution is -2.41. The molecule has 28 heavy (non-hydrogen) atoms. The normalized spacial score (nSPS) is 14.0. The van der Waals surface area contributed by atoms with E-state index in [1.54, 1.807) is 6.07 Å². The molecule has 0 spiro atoms. The summed E-state index contributed by atoms with van der Waals surface area (Å²) in [6.07, 6.45) is 0.684. The number of hydrogen-bond donors (Lipinski definition) is 2. The summed E-state index contributed by atoms with van der Waals surface area (Å²) in [5, 5.41) is 9.89. The van der Waals surface area contributed by atoms with E-state index in [1.807, 2.05) is 61.5 Å². The van der Waals surface area contributed by atoms with E-state index in [1.165, 1.54) is 6.07 Å². The van der Waals surface area contributed by atoms with E-state index in [0.29, 0.717) is 10.8 Å². The van der Waals surface area contributed by atoms with Crippen molar-refractivity contribution in [3.63, 3.8) is 0 Å². The van der Waals surface area contributed by atoms with Crippen LogP contribution in [-0.4, -0.2) is 26.2 Å². The fourth-order valence-electron chi connectivity index (χ4n) is 3.25. The van der Waals surface area contributed by atoms with Crippen molar-refractivity contribution in [2.75, 3.05) is 6.61 Å². The highest BCUT2D eigenvalue weighted by molar-refractivity contribution is 7.91. The third-order valence-electron chi connectivity index (χ3n) is 4.69. The van der Waals surface area contributed by atoms with Gasteiger partial charge in [0.1, 0.15) is 4.21 Å². The van der Waals surface area contributed by atoms with Gasteiger partial charge in [0.05, 0.1) is 17.0 Å². The molecule has 2 aromatic carbocycles. The largest absolute Gasteiger partial charge is 0.395 e. The van der Waals surface area contributed by atoms with Crippen LogP contribution in [-0.2, 0) is 10.0 Å². The minimum atomic E-state index is -3.74. The van der Waals surface area contributed by atoms with Crippen LogP contribution in [0.5, 0.6) is 0 Å². The lowest BCUT2D eigenvalue weighted by molar-refractivity contribution is 0.236. The monoisotopic (exact) mass is 435 g/mol. The van der Waals surface area contributed by atoms with Gasteiger partial charge < -0.3 is 5.11 Å². The van der Waals surface area contributed by atoms with Gasteiger partial charge in [-0.3, -0.25) is 0 Å². The molecule has 0 bridgehead atoms. The molecule has 3 aromatic rings. The van der Waals surface area contributed by atoms with Crippen molar-refractivity contribution >= 4 is 33.0 Å². The molecule has 1 heterocycles. The maximum absolute atomic E-state index is 12.6. The molecule has 1 aromatic heterocycles. The Bertz CT molecular complexity index is 1000. The number of nitrogens with one attached hydrogen (secondary N) is 1. The third-order valence-corrected chi connectivity index (χ3v) is 7.90. The Hall–Kier alpha value is -1.70. The summed E-state index contributed by atoms with van der Waals surface area (Å²) in [6.45, 7) is 1.69.